The van der Waals surface area contributed by atoms with Gasteiger partial charge in [-0.3, -0.25) is 9.48 Å². The Morgan fingerprint density at radius 1 is 1.38 bits per heavy atom. The van der Waals surface area contributed by atoms with Crippen LogP contribution in [0.25, 0.3) is 10.2 Å². The zero-order chi connectivity index (χ0) is 15.1. The van der Waals surface area contributed by atoms with Crippen molar-refractivity contribution in [3.05, 3.63) is 45.5 Å². The molecule has 1 aromatic carbocycles. The minimum atomic E-state index is -0.291. The molecule has 21 heavy (non-hydrogen) atoms. The lowest BCUT2D eigenvalue weighted by Crippen LogP contribution is -2.15. The molecule has 5 nitrogen and oxygen atoms in total. The molecule has 0 unspecified atom stereocenters. The number of thiazole rings is 1. The predicted octanol–water partition coefficient (Wildman–Crippen LogP) is 2.68. The molecule has 0 saturated carbocycles. The maximum absolute atomic E-state index is 12.4. The zero-order valence-electron chi connectivity index (χ0n) is 11.8. The molecular formula is C14H13ClN4OS. The van der Waals surface area contributed by atoms with Crippen molar-refractivity contribution in [2.75, 3.05) is 0 Å². The van der Waals surface area contributed by atoms with E-state index >= 15 is 0 Å². The van der Waals surface area contributed by atoms with Crippen LogP contribution in [0.2, 0.25) is 5.02 Å². The lowest BCUT2D eigenvalue weighted by molar-refractivity contribution is 0.0988. The van der Waals surface area contributed by atoms with E-state index in [1.54, 1.807) is 17.9 Å². The van der Waals surface area contributed by atoms with E-state index in [1.807, 2.05) is 36.7 Å². The number of fused-ring (bicyclic) bond motifs is 1. The zero-order valence-corrected chi connectivity index (χ0v) is 13.4. The monoisotopic (exact) mass is 320 g/mol. The molecule has 0 bridgehead atoms. The third kappa shape index (κ3) is 2.41. The van der Waals surface area contributed by atoms with Crippen molar-refractivity contribution in [3.63, 3.8) is 0 Å². The summed E-state index contributed by atoms with van der Waals surface area (Å²) in [5.74, 6) is -0.291. The Kier molecular flexibility index (Phi) is 3.43. The smallest absolute Gasteiger partial charge is 0.298 e. The molecule has 3 rings (SSSR count). The van der Waals surface area contributed by atoms with Gasteiger partial charge in [0.25, 0.3) is 5.91 Å². The van der Waals surface area contributed by atoms with E-state index in [0.29, 0.717) is 15.5 Å². The van der Waals surface area contributed by atoms with Crippen molar-refractivity contribution in [3.8, 4) is 0 Å². The van der Waals surface area contributed by atoms with Gasteiger partial charge in [-0.25, -0.2) is 0 Å². The normalized spacial score (nSPS) is 12.3. The van der Waals surface area contributed by atoms with E-state index in [1.165, 1.54) is 11.3 Å². The van der Waals surface area contributed by atoms with Crippen molar-refractivity contribution in [1.82, 2.24) is 14.3 Å². The quantitative estimate of drug-likeness (QED) is 0.692. The number of hydrogen-bond acceptors (Lipinski definition) is 3. The van der Waals surface area contributed by atoms with Gasteiger partial charge in [0.2, 0.25) is 0 Å². The number of rotatable bonds is 1. The van der Waals surface area contributed by atoms with E-state index < -0.39 is 0 Å². The van der Waals surface area contributed by atoms with E-state index in [9.17, 15) is 4.79 Å². The van der Waals surface area contributed by atoms with Crippen LogP contribution in [0.1, 0.15) is 16.1 Å². The first kappa shape index (κ1) is 14.0. The van der Waals surface area contributed by atoms with Crippen LogP contribution >= 0.6 is 22.9 Å². The molecule has 108 valence electrons. The van der Waals surface area contributed by atoms with Crippen molar-refractivity contribution in [1.29, 1.82) is 0 Å². The fraction of sp³-hybridized carbons (Fsp3) is 0.214. The minimum Gasteiger partial charge on any atom is -0.319 e. The largest absolute Gasteiger partial charge is 0.319 e. The van der Waals surface area contributed by atoms with Crippen LogP contribution in [-0.4, -0.2) is 20.3 Å². The maximum Gasteiger partial charge on any atom is 0.298 e. The molecule has 2 aromatic heterocycles. The lowest BCUT2D eigenvalue weighted by Gasteiger charge is -1.98. The van der Waals surface area contributed by atoms with Gasteiger partial charge in [0.05, 0.1) is 16.4 Å². The van der Waals surface area contributed by atoms with Crippen molar-refractivity contribution >= 4 is 39.1 Å². The Hall–Kier alpha value is -1.92. The molecule has 0 N–H and O–H groups in total. The van der Waals surface area contributed by atoms with Crippen LogP contribution in [0.15, 0.2) is 29.4 Å². The van der Waals surface area contributed by atoms with Crippen LogP contribution in [0.5, 0.6) is 0 Å². The predicted molar refractivity (Wildman–Crippen MR) is 83.6 cm³/mol. The molecule has 3 aromatic rings. The Labute approximate surface area is 130 Å². The van der Waals surface area contributed by atoms with Gasteiger partial charge in [0.15, 0.2) is 4.80 Å². The summed E-state index contributed by atoms with van der Waals surface area (Å²) in [4.78, 5) is 17.2. The van der Waals surface area contributed by atoms with Gasteiger partial charge in [-0.2, -0.15) is 10.1 Å². The highest BCUT2D eigenvalue weighted by molar-refractivity contribution is 7.16. The van der Waals surface area contributed by atoms with Crippen LogP contribution < -0.4 is 4.80 Å². The summed E-state index contributed by atoms with van der Waals surface area (Å²) in [6, 6.07) is 5.63. The van der Waals surface area contributed by atoms with Gasteiger partial charge in [-0.15, -0.1) is 0 Å². The standard InChI is InChI=1S/C14H13ClN4OS/c1-8-7-16-19(3)12(8)13(20)17-14-18(2)10-5-4-9(15)6-11(10)21-14/h4-7H,1-3H3. The van der Waals surface area contributed by atoms with E-state index in [-0.39, 0.29) is 5.91 Å². The number of halogens is 1. The van der Waals surface area contributed by atoms with Crippen molar-refractivity contribution in [2.45, 2.75) is 6.92 Å². The SMILES string of the molecule is Cc1cnn(C)c1C(=O)N=c1sc2cc(Cl)ccc2n1C. The summed E-state index contributed by atoms with van der Waals surface area (Å²) < 4.78 is 4.43. The van der Waals surface area contributed by atoms with Crippen molar-refractivity contribution < 1.29 is 4.79 Å². The molecule has 1 amide bonds. The van der Waals surface area contributed by atoms with Gasteiger partial charge in [-0.1, -0.05) is 22.9 Å². The number of aryl methyl sites for hydroxylation is 3. The highest BCUT2D eigenvalue weighted by atomic mass is 35.5. The van der Waals surface area contributed by atoms with Gasteiger partial charge in [0, 0.05) is 24.7 Å². The summed E-state index contributed by atoms with van der Waals surface area (Å²) in [5, 5.41) is 4.74. The topological polar surface area (TPSA) is 52.2 Å². The molecular weight excluding hydrogens is 308 g/mol. The van der Waals surface area contributed by atoms with Crippen LogP contribution in [0.3, 0.4) is 0 Å². The average Bonchev–Trinajstić information content (AvgIpc) is 2.91. The second kappa shape index (κ2) is 5.13. The fourth-order valence-corrected chi connectivity index (χ4v) is 3.50. The first-order valence-electron chi connectivity index (χ1n) is 6.30. The summed E-state index contributed by atoms with van der Waals surface area (Å²) >= 11 is 7.43. The molecule has 0 radical (unpaired) electrons. The molecule has 0 aliphatic carbocycles. The number of hydrogen-bond donors (Lipinski definition) is 0. The number of carbonyl (C=O) groups excluding carboxylic acids is 1. The van der Waals surface area contributed by atoms with Gasteiger partial charge >= 0.3 is 0 Å². The summed E-state index contributed by atoms with van der Waals surface area (Å²) in [6.45, 7) is 1.85. The van der Waals surface area contributed by atoms with Gasteiger partial charge in [0.1, 0.15) is 5.69 Å². The molecule has 0 aliphatic rings. The molecule has 0 atom stereocenters. The fourth-order valence-electron chi connectivity index (χ4n) is 2.21. The number of benzene rings is 1. The third-order valence-corrected chi connectivity index (χ3v) is 4.62. The van der Waals surface area contributed by atoms with E-state index in [2.05, 4.69) is 10.1 Å². The first-order chi connectivity index (χ1) is 9.97. The number of nitrogens with zero attached hydrogens (tertiary/aromatic N) is 4. The van der Waals surface area contributed by atoms with Gasteiger partial charge < -0.3 is 4.57 Å². The minimum absolute atomic E-state index is 0.291. The molecule has 7 heteroatoms. The summed E-state index contributed by atoms with van der Waals surface area (Å²) in [6.07, 6.45) is 1.66. The summed E-state index contributed by atoms with van der Waals surface area (Å²) in [7, 11) is 3.62. The summed E-state index contributed by atoms with van der Waals surface area (Å²) in [5.41, 5.74) is 2.32. The number of aromatic nitrogens is 3. The molecule has 0 spiro atoms. The second-order valence-corrected chi connectivity index (χ2v) is 6.22. The van der Waals surface area contributed by atoms with E-state index in [4.69, 9.17) is 11.6 Å². The molecule has 2 heterocycles. The maximum atomic E-state index is 12.4. The van der Waals surface area contributed by atoms with E-state index in [0.717, 1.165) is 15.8 Å². The first-order valence-corrected chi connectivity index (χ1v) is 7.49. The Morgan fingerprint density at radius 2 is 2.14 bits per heavy atom. The highest BCUT2D eigenvalue weighted by Crippen LogP contribution is 2.21. The Bertz CT molecular complexity index is 899. The molecule has 0 fully saturated rings. The molecule has 0 aliphatic heterocycles. The Balaban J connectivity index is 2.16. The van der Waals surface area contributed by atoms with Gasteiger partial charge in [-0.05, 0) is 25.1 Å². The van der Waals surface area contributed by atoms with Crippen LogP contribution in [0, 0.1) is 6.92 Å². The van der Waals surface area contributed by atoms with Crippen molar-refractivity contribution in [2.24, 2.45) is 19.1 Å². The second-order valence-electron chi connectivity index (χ2n) is 4.77. The third-order valence-electron chi connectivity index (χ3n) is 3.29. The average molecular weight is 321 g/mol. The van der Waals surface area contributed by atoms with Crippen LogP contribution in [-0.2, 0) is 14.1 Å². The Morgan fingerprint density at radius 3 is 2.81 bits per heavy atom. The number of amides is 1. The molecule has 0 saturated heterocycles. The van der Waals surface area contributed by atoms with Crippen LogP contribution in [0.4, 0.5) is 0 Å². The number of carbonyl (C=O) groups is 1. The highest BCUT2D eigenvalue weighted by Gasteiger charge is 2.14. The lowest BCUT2D eigenvalue weighted by atomic mass is 10.3.